The van der Waals surface area contributed by atoms with Crippen LogP contribution in [0.4, 0.5) is 11.5 Å². The van der Waals surface area contributed by atoms with Gasteiger partial charge < -0.3 is 10.6 Å². The third kappa shape index (κ3) is 5.92. The number of amides is 1. The molecule has 0 aliphatic carbocycles. The fourth-order valence-electron chi connectivity index (χ4n) is 2.97. The van der Waals surface area contributed by atoms with Crippen molar-refractivity contribution >= 4 is 29.2 Å². The van der Waals surface area contributed by atoms with Gasteiger partial charge in [0.15, 0.2) is 0 Å². The van der Waals surface area contributed by atoms with E-state index in [1.54, 1.807) is 16.8 Å². The second-order valence-electron chi connectivity index (χ2n) is 7.04. The minimum atomic E-state index is -0.505. The van der Waals surface area contributed by atoms with Crippen LogP contribution in [0.2, 0.25) is 0 Å². The van der Waals surface area contributed by atoms with E-state index in [-0.39, 0.29) is 11.6 Å². The third-order valence-electron chi connectivity index (χ3n) is 4.70. The predicted octanol–water partition coefficient (Wildman–Crippen LogP) is 3.10. The number of tetrazole rings is 1. The molecular formula is C22H20N8O3S. The number of anilines is 1. The first-order valence-corrected chi connectivity index (χ1v) is 11.3. The Morgan fingerprint density at radius 2 is 1.82 bits per heavy atom. The van der Waals surface area contributed by atoms with Crippen molar-refractivity contribution in [3.63, 3.8) is 0 Å². The summed E-state index contributed by atoms with van der Waals surface area (Å²) in [6, 6.07) is 19.9. The van der Waals surface area contributed by atoms with Crippen LogP contribution >= 0.6 is 11.8 Å². The van der Waals surface area contributed by atoms with Crippen LogP contribution in [-0.4, -0.2) is 49.1 Å². The fraction of sp³-hybridized carbons (Fsp3) is 0.136. The van der Waals surface area contributed by atoms with E-state index in [0.717, 1.165) is 11.3 Å². The summed E-state index contributed by atoms with van der Waals surface area (Å²) in [4.78, 5) is 26.5. The molecule has 2 N–H and O–H groups in total. The van der Waals surface area contributed by atoms with Gasteiger partial charge in [-0.15, -0.1) is 5.10 Å². The molecule has 1 amide bonds. The van der Waals surface area contributed by atoms with Gasteiger partial charge in [-0.1, -0.05) is 42.1 Å². The number of pyridine rings is 1. The molecule has 0 unspecified atom stereocenters. The summed E-state index contributed by atoms with van der Waals surface area (Å²) < 4.78 is 1.69. The van der Waals surface area contributed by atoms with E-state index in [0.29, 0.717) is 35.4 Å². The number of rotatable bonds is 10. The van der Waals surface area contributed by atoms with E-state index in [1.807, 2.05) is 42.5 Å². The largest absolute Gasteiger partial charge is 0.368 e. The van der Waals surface area contributed by atoms with Gasteiger partial charge in [-0.2, -0.15) is 4.68 Å². The average molecular weight is 477 g/mol. The zero-order valence-electron chi connectivity index (χ0n) is 17.9. The smallest absolute Gasteiger partial charge is 0.287 e. The number of nitrogens with one attached hydrogen (secondary N) is 2. The van der Waals surface area contributed by atoms with Crippen molar-refractivity contribution in [3.8, 4) is 5.69 Å². The number of hydrogen-bond acceptors (Lipinski definition) is 9. The van der Waals surface area contributed by atoms with E-state index in [2.05, 4.69) is 31.1 Å². The molecule has 0 fully saturated rings. The van der Waals surface area contributed by atoms with E-state index < -0.39 is 4.92 Å². The first kappa shape index (κ1) is 22.9. The molecule has 11 nitrogen and oxygen atoms in total. The summed E-state index contributed by atoms with van der Waals surface area (Å²) in [6.45, 7) is 0.804. The summed E-state index contributed by atoms with van der Waals surface area (Å²) in [5.41, 5.74) is 2.41. The Hall–Kier alpha value is -4.32. The Kier molecular flexibility index (Phi) is 7.40. The van der Waals surface area contributed by atoms with Crippen molar-refractivity contribution in [1.29, 1.82) is 0 Å². The minimum Gasteiger partial charge on any atom is -0.368 e. The van der Waals surface area contributed by atoms with Gasteiger partial charge in [0.25, 0.3) is 11.6 Å². The van der Waals surface area contributed by atoms with Crippen molar-refractivity contribution in [1.82, 2.24) is 30.5 Å². The molecule has 0 aliphatic rings. The second-order valence-corrected chi connectivity index (χ2v) is 7.98. The lowest BCUT2D eigenvalue weighted by Gasteiger charge is -2.08. The number of carbonyl (C=O) groups is 1. The van der Waals surface area contributed by atoms with Gasteiger partial charge >= 0.3 is 0 Å². The van der Waals surface area contributed by atoms with Gasteiger partial charge in [-0.25, -0.2) is 4.98 Å². The summed E-state index contributed by atoms with van der Waals surface area (Å²) in [7, 11) is 0. The molecule has 0 aliphatic heterocycles. The standard InChI is InChI=1S/C22H20N8O3S/c31-21(24-13-12-23-20-11-10-19(14-25-20)30(32)33)17-8-6-16(7-9-17)15-34-22-26-27-28-29(22)18-4-2-1-3-5-18/h1-11,14H,12-13,15H2,(H,23,25)(H,24,31). The van der Waals surface area contributed by atoms with E-state index in [4.69, 9.17) is 0 Å². The number of hydrogen-bond donors (Lipinski definition) is 2. The van der Waals surface area contributed by atoms with E-state index >= 15 is 0 Å². The van der Waals surface area contributed by atoms with Gasteiger partial charge in [0.1, 0.15) is 12.0 Å². The Balaban J connectivity index is 1.23. The molecule has 0 atom stereocenters. The lowest BCUT2D eigenvalue weighted by molar-refractivity contribution is -0.385. The Bertz CT molecular complexity index is 1250. The van der Waals surface area contributed by atoms with Gasteiger partial charge in [0.05, 0.1) is 10.6 Å². The van der Waals surface area contributed by atoms with Crippen molar-refractivity contribution in [3.05, 3.63) is 94.2 Å². The van der Waals surface area contributed by atoms with Crippen LogP contribution in [0.1, 0.15) is 15.9 Å². The molecule has 12 heteroatoms. The highest BCUT2D eigenvalue weighted by molar-refractivity contribution is 7.98. The van der Waals surface area contributed by atoms with Crippen LogP contribution in [0.3, 0.4) is 0 Å². The second kappa shape index (κ2) is 11.0. The molecule has 0 saturated carbocycles. The molecule has 0 bridgehead atoms. The highest BCUT2D eigenvalue weighted by Gasteiger charge is 2.10. The zero-order chi connectivity index (χ0) is 23.8. The highest BCUT2D eigenvalue weighted by atomic mass is 32.2. The molecule has 2 aromatic carbocycles. The summed E-state index contributed by atoms with van der Waals surface area (Å²) in [5.74, 6) is 0.965. The lowest BCUT2D eigenvalue weighted by Crippen LogP contribution is -2.28. The predicted molar refractivity (Wildman–Crippen MR) is 127 cm³/mol. The molecule has 4 rings (SSSR count). The Morgan fingerprint density at radius 3 is 2.53 bits per heavy atom. The van der Waals surface area contributed by atoms with Crippen LogP contribution in [0.25, 0.3) is 5.69 Å². The molecule has 0 spiro atoms. The third-order valence-corrected chi connectivity index (χ3v) is 5.69. The SMILES string of the molecule is O=C(NCCNc1ccc([N+](=O)[O-])cn1)c1ccc(CSc2nnnn2-c2ccccc2)cc1. The van der Waals surface area contributed by atoms with Gasteiger partial charge in [0, 0.05) is 30.5 Å². The number of carbonyl (C=O) groups excluding carboxylic acids is 1. The molecule has 0 saturated heterocycles. The number of benzene rings is 2. The summed E-state index contributed by atoms with van der Waals surface area (Å²) in [6.07, 6.45) is 1.18. The van der Waals surface area contributed by atoms with Crippen molar-refractivity contribution in [2.24, 2.45) is 0 Å². The lowest BCUT2D eigenvalue weighted by atomic mass is 10.1. The van der Waals surface area contributed by atoms with Crippen LogP contribution in [-0.2, 0) is 5.75 Å². The first-order valence-electron chi connectivity index (χ1n) is 10.3. The molecule has 2 aromatic heterocycles. The summed E-state index contributed by atoms with van der Waals surface area (Å²) in [5, 5.41) is 29.1. The maximum atomic E-state index is 12.4. The van der Waals surface area contributed by atoms with Gasteiger partial charge in [-0.05, 0) is 46.3 Å². The zero-order valence-corrected chi connectivity index (χ0v) is 18.7. The van der Waals surface area contributed by atoms with Crippen molar-refractivity contribution in [2.45, 2.75) is 10.9 Å². The molecule has 0 radical (unpaired) electrons. The monoisotopic (exact) mass is 476 g/mol. The number of thioether (sulfide) groups is 1. The summed E-state index contributed by atoms with van der Waals surface area (Å²) >= 11 is 1.51. The first-order chi connectivity index (χ1) is 16.6. The number of aromatic nitrogens is 5. The van der Waals surface area contributed by atoms with Crippen molar-refractivity contribution < 1.29 is 9.72 Å². The molecule has 2 heterocycles. The molecule has 4 aromatic rings. The number of para-hydroxylation sites is 1. The quantitative estimate of drug-likeness (QED) is 0.153. The normalized spacial score (nSPS) is 10.6. The van der Waals surface area contributed by atoms with Crippen LogP contribution in [0.15, 0.2) is 78.1 Å². The average Bonchev–Trinajstić information content (AvgIpc) is 3.35. The topological polar surface area (TPSA) is 141 Å². The van der Waals surface area contributed by atoms with Gasteiger partial charge in [0.2, 0.25) is 5.16 Å². The molecular weight excluding hydrogens is 456 g/mol. The highest BCUT2D eigenvalue weighted by Crippen LogP contribution is 2.22. The van der Waals surface area contributed by atoms with E-state index in [1.165, 1.54) is 30.1 Å². The van der Waals surface area contributed by atoms with E-state index in [9.17, 15) is 14.9 Å². The molecule has 34 heavy (non-hydrogen) atoms. The Morgan fingerprint density at radius 1 is 1.03 bits per heavy atom. The fourth-order valence-corrected chi connectivity index (χ4v) is 3.81. The number of nitro groups is 1. The van der Waals surface area contributed by atoms with Crippen LogP contribution in [0.5, 0.6) is 0 Å². The van der Waals surface area contributed by atoms with Gasteiger partial charge in [-0.3, -0.25) is 14.9 Å². The van der Waals surface area contributed by atoms with Crippen molar-refractivity contribution in [2.75, 3.05) is 18.4 Å². The minimum absolute atomic E-state index is 0.0737. The maximum absolute atomic E-state index is 12.4. The molecule has 172 valence electrons. The van der Waals surface area contributed by atoms with Crippen LogP contribution < -0.4 is 10.6 Å². The number of nitrogens with zero attached hydrogens (tertiary/aromatic N) is 6. The van der Waals surface area contributed by atoms with Crippen LogP contribution in [0, 0.1) is 10.1 Å². The maximum Gasteiger partial charge on any atom is 0.287 e. The Labute approximate surface area is 198 Å².